The Morgan fingerprint density at radius 1 is 1.19 bits per heavy atom. The van der Waals surface area contributed by atoms with Gasteiger partial charge in [-0.1, -0.05) is 23.7 Å². The zero-order chi connectivity index (χ0) is 15.5. The highest BCUT2D eigenvalue weighted by molar-refractivity contribution is 6.33. The Hall–Kier alpha value is -2.02. The number of hydrogen-bond acceptors (Lipinski definition) is 4. The number of benzene rings is 1. The predicted octanol–water partition coefficient (Wildman–Crippen LogP) is 4.32. The molecule has 0 atom stereocenters. The highest BCUT2D eigenvalue weighted by atomic mass is 35.5. The minimum atomic E-state index is -4.55. The third-order valence-corrected chi connectivity index (χ3v) is 2.82. The van der Waals surface area contributed by atoms with Crippen LogP contribution in [0.2, 0.25) is 5.02 Å². The molecule has 0 spiro atoms. The van der Waals surface area contributed by atoms with Crippen molar-refractivity contribution in [3.63, 3.8) is 0 Å². The van der Waals surface area contributed by atoms with Crippen LogP contribution in [0.5, 0.6) is 0 Å². The van der Waals surface area contributed by atoms with Crippen LogP contribution < -0.4 is 10.6 Å². The van der Waals surface area contributed by atoms with Crippen LogP contribution in [0.25, 0.3) is 0 Å². The van der Waals surface area contributed by atoms with Gasteiger partial charge in [0.05, 0.1) is 10.7 Å². The van der Waals surface area contributed by atoms with Crippen LogP contribution in [-0.4, -0.2) is 16.5 Å². The Labute approximate surface area is 124 Å². The number of halogens is 4. The highest BCUT2D eigenvalue weighted by Gasteiger charge is 2.33. The molecule has 21 heavy (non-hydrogen) atoms. The van der Waals surface area contributed by atoms with Gasteiger partial charge in [0.1, 0.15) is 5.82 Å². The van der Waals surface area contributed by atoms with Gasteiger partial charge in [-0.05, 0) is 19.1 Å². The molecule has 0 saturated heterocycles. The summed E-state index contributed by atoms with van der Waals surface area (Å²) in [5, 5.41) is 5.81. The van der Waals surface area contributed by atoms with Crippen molar-refractivity contribution in [1.82, 2.24) is 9.97 Å². The average Bonchev–Trinajstić information content (AvgIpc) is 2.41. The van der Waals surface area contributed by atoms with Gasteiger partial charge in [-0.15, -0.1) is 0 Å². The smallest absolute Gasteiger partial charge is 0.354 e. The van der Waals surface area contributed by atoms with E-state index in [0.29, 0.717) is 17.3 Å². The van der Waals surface area contributed by atoms with E-state index < -0.39 is 11.9 Å². The van der Waals surface area contributed by atoms with Crippen LogP contribution in [0.4, 0.5) is 30.6 Å². The Balaban J connectivity index is 2.38. The average molecular weight is 317 g/mol. The number of alkyl halides is 3. The third kappa shape index (κ3) is 3.98. The van der Waals surface area contributed by atoms with E-state index in [2.05, 4.69) is 20.6 Å². The number of aromatic nitrogens is 2. The van der Waals surface area contributed by atoms with Crippen LogP contribution in [0.1, 0.15) is 12.6 Å². The summed E-state index contributed by atoms with van der Waals surface area (Å²) < 4.78 is 38.5. The molecule has 112 valence electrons. The van der Waals surface area contributed by atoms with E-state index in [1.54, 1.807) is 31.2 Å². The maximum absolute atomic E-state index is 12.8. The molecule has 0 radical (unpaired) electrons. The number of nitrogens with one attached hydrogen (secondary N) is 2. The summed E-state index contributed by atoms with van der Waals surface area (Å²) in [5.41, 5.74) is -0.559. The fourth-order valence-electron chi connectivity index (χ4n) is 1.59. The summed E-state index contributed by atoms with van der Waals surface area (Å²) in [7, 11) is 0. The van der Waals surface area contributed by atoms with E-state index in [-0.39, 0.29) is 11.8 Å². The fourth-order valence-corrected chi connectivity index (χ4v) is 1.78. The normalized spacial score (nSPS) is 11.3. The topological polar surface area (TPSA) is 49.8 Å². The number of rotatable bonds is 4. The highest BCUT2D eigenvalue weighted by Crippen LogP contribution is 2.31. The van der Waals surface area contributed by atoms with E-state index in [4.69, 9.17) is 11.6 Å². The molecule has 0 fully saturated rings. The molecule has 4 nitrogen and oxygen atoms in total. The second kappa shape index (κ2) is 6.17. The Morgan fingerprint density at radius 2 is 1.90 bits per heavy atom. The molecule has 0 saturated carbocycles. The lowest BCUT2D eigenvalue weighted by atomic mass is 10.3. The summed E-state index contributed by atoms with van der Waals surface area (Å²) >= 11 is 5.96. The lowest BCUT2D eigenvalue weighted by Gasteiger charge is -2.12. The monoisotopic (exact) mass is 316 g/mol. The molecule has 0 bridgehead atoms. The maximum atomic E-state index is 12.8. The molecule has 0 unspecified atom stereocenters. The van der Waals surface area contributed by atoms with Gasteiger partial charge in [-0.2, -0.15) is 18.2 Å². The molecule has 2 N–H and O–H groups in total. The molecule has 0 amide bonds. The maximum Gasteiger partial charge on any atom is 0.433 e. The number of hydrogen-bond donors (Lipinski definition) is 2. The Kier molecular flexibility index (Phi) is 4.52. The van der Waals surface area contributed by atoms with Gasteiger partial charge in [0.25, 0.3) is 0 Å². The second-order valence-electron chi connectivity index (χ2n) is 4.09. The predicted molar refractivity (Wildman–Crippen MR) is 75.9 cm³/mol. The summed E-state index contributed by atoms with van der Waals surface area (Å²) in [6.07, 6.45) is -4.55. The first-order valence-electron chi connectivity index (χ1n) is 6.12. The van der Waals surface area contributed by atoms with E-state index >= 15 is 0 Å². The molecule has 2 aromatic rings. The van der Waals surface area contributed by atoms with E-state index in [9.17, 15) is 13.2 Å². The molecule has 0 aliphatic carbocycles. The first-order chi connectivity index (χ1) is 9.90. The lowest BCUT2D eigenvalue weighted by molar-refractivity contribution is -0.141. The first-order valence-corrected chi connectivity index (χ1v) is 6.49. The van der Waals surface area contributed by atoms with Crippen molar-refractivity contribution in [3.05, 3.63) is 41.0 Å². The zero-order valence-electron chi connectivity index (χ0n) is 11.0. The van der Waals surface area contributed by atoms with E-state index in [1.807, 2.05) is 0 Å². The third-order valence-electron chi connectivity index (χ3n) is 2.49. The standard InChI is InChI=1S/C13H12ClF3N4/c1-2-18-12-20-10(13(15,16)17)7-11(21-12)19-9-6-4-3-5-8(9)14/h3-7H,2H2,1H3,(H2,18,19,20,21). The van der Waals surface area contributed by atoms with Gasteiger partial charge >= 0.3 is 6.18 Å². The van der Waals surface area contributed by atoms with Crippen molar-refractivity contribution < 1.29 is 13.2 Å². The molecule has 0 aliphatic rings. The number of para-hydroxylation sites is 1. The zero-order valence-corrected chi connectivity index (χ0v) is 11.8. The van der Waals surface area contributed by atoms with Crippen LogP contribution >= 0.6 is 11.6 Å². The quantitative estimate of drug-likeness (QED) is 0.881. The van der Waals surface area contributed by atoms with E-state index in [1.165, 1.54) is 0 Å². The second-order valence-corrected chi connectivity index (χ2v) is 4.50. The molecule has 1 aromatic carbocycles. The summed E-state index contributed by atoms with van der Waals surface area (Å²) in [5.74, 6) is -0.0803. The fraction of sp³-hybridized carbons (Fsp3) is 0.231. The molecule has 8 heteroatoms. The van der Waals surface area contributed by atoms with Gasteiger partial charge in [0.15, 0.2) is 5.69 Å². The summed E-state index contributed by atoms with van der Waals surface area (Å²) in [6.45, 7) is 2.15. The molecular weight excluding hydrogens is 305 g/mol. The minimum Gasteiger partial charge on any atom is -0.354 e. The van der Waals surface area contributed by atoms with Crippen molar-refractivity contribution in [2.75, 3.05) is 17.2 Å². The molecule has 2 rings (SSSR count). The Bertz CT molecular complexity index is 631. The molecule has 0 aliphatic heterocycles. The van der Waals surface area contributed by atoms with Crippen LogP contribution in [0.15, 0.2) is 30.3 Å². The minimum absolute atomic E-state index is 0.0152. The van der Waals surface area contributed by atoms with Crippen LogP contribution in [0.3, 0.4) is 0 Å². The van der Waals surface area contributed by atoms with Gasteiger partial charge in [-0.3, -0.25) is 0 Å². The Morgan fingerprint density at radius 3 is 2.52 bits per heavy atom. The van der Waals surface area contributed by atoms with Gasteiger partial charge in [-0.25, -0.2) is 4.98 Å². The lowest BCUT2D eigenvalue weighted by Crippen LogP contribution is -2.13. The molecule has 1 aromatic heterocycles. The van der Waals surface area contributed by atoms with Gasteiger partial charge in [0.2, 0.25) is 5.95 Å². The van der Waals surface area contributed by atoms with Crippen molar-refractivity contribution in [3.8, 4) is 0 Å². The van der Waals surface area contributed by atoms with E-state index in [0.717, 1.165) is 6.07 Å². The van der Waals surface area contributed by atoms with Gasteiger partial charge in [0, 0.05) is 12.6 Å². The summed E-state index contributed by atoms with van der Waals surface area (Å²) in [6, 6.07) is 7.54. The van der Waals surface area contributed by atoms with Crippen molar-refractivity contribution in [2.24, 2.45) is 0 Å². The van der Waals surface area contributed by atoms with Gasteiger partial charge < -0.3 is 10.6 Å². The SMILES string of the molecule is CCNc1nc(Nc2ccccc2Cl)cc(C(F)(F)F)n1. The van der Waals surface area contributed by atoms with Crippen LogP contribution in [-0.2, 0) is 6.18 Å². The largest absolute Gasteiger partial charge is 0.433 e. The number of nitrogens with zero attached hydrogens (tertiary/aromatic N) is 2. The first kappa shape index (κ1) is 15.4. The van der Waals surface area contributed by atoms with Crippen LogP contribution in [0, 0.1) is 0 Å². The van der Waals surface area contributed by atoms with Crippen molar-refractivity contribution in [1.29, 1.82) is 0 Å². The molecule has 1 heterocycles. The number of anilines is 3. The molecular formula is C13H12ClF3N4. The van der Waals surface area contributed by atoms with Crippen molar-refractivity contribution >= 4 is 29.1 Å². The van der Waals surface area contributed by atoms with Crippen molar-refractivity contribution in [2.45, 2.75) is 13.1 Å². The summed E-state index contributed by atoms with van der Waals surface area (Å²) in [4.78, 5) is 7.42.